The van der Waals surface area contributed by atoms with Crippen molar-refractivity contribution in [3.63, 3.8) is 0 Å². The van der Waals surface area contributed by atoms with Crippen LogP contribution < -0.4 is 16.4 Å². The Kier molecular flexibility index (Phi) is 18.4. The molecule has 0 saturated carbocycles. The lowest BCUT2D eigenvalue weighted by molar-refractivity contribution is -0.146. The van der Waals surface area contributed by atoms with Gasteiger partial charge in [-0.25, -0.2) is 4.98 Å². The van der Waals surface area contributed by atoms with Crippen LogP contribution in [0.3, 0.4) is 0 Å². The van der Waals surface area contributed by atoms with E-state index in [1.165, 1.54) is 19.3 Å². The third-order valence-corrected chi connectivity index (χ3v) is 11.2. The van der Waals surface area contributed by atoms with Crippen molar-refractivity contribution in [1.82, 2.24) is 20.5 Å². The van der Waals surface area contributed by atoms with Crippen molar-refractivity contribution >= 4 is 34.8 Å². The number of hydrogen-bond donors (Lipinski definition) is 3. The second kappa shape index (κ2) is 22.4. The quantitative estimate of drug-likeness (QED) is 0.0448. The lowest BCUT2D eigenvalue weighted by Crippen LogP contribution is -2.50. The summed E-state index contributed by atoms with van der Waals surface area (Å²) in [6, 6.07) is 6.49. The highest BCUT2D eigenvalue weighted by atomic mass is 32.1. The van der Waals surface area contributed by atoms with Crippen molar-refractivity contribution in [3.8, 4) is 10.4 Å². The number of azide groups is 1. The highest BCUT2D eigenvalue weighted by Gasteiger charge is 2.45. The van der Waals surface area contributed by atoms with Gasteiger partial charge in [0.25, 0.3) is 0 Å². The van der Waals surface area contributed by atoms with E-state index < -0.39 is 23.4 Å². The van der Waals surface area contributed by atoms with E-state index in [-0.39, 0.29) is 55.4 Å². The molecule has 12 nitrogen and oxygen atoms in total. The highest BCUT2D eigenvalue weighted by molar-refractivity contribution is 7.13. The number of nitrogens with two attached hydrogens (primary N) is 1. The first-order valence-corrected chi connectivity index (χ1v) is 20.4. The van der Waals surface area contributed by atoms with Gasteiger partial charge < -0.3 is 21.3 Å². The fourth-order valence-electron chi connectivity index (χ4n) is 6.96. The Hall–Kier alpha value is -3.80. The van der Waals surface area contributed by atoms with E-state index in [1.807, 2.05) is 64.4 Å². The number of ketones is 1. The summed E-state index contributed by atoms with van der Waals surface area (Å²) < 4.78 is 0. The number of nitrogens with one attached hydrogen (secondary N) is 2. The second-order valence-electron chi connectivity index (χ2n) is 15.6. The number of rotatable bonds is 23. The number of likely N-dealkylation sites (tertiary alicyclic amines) is 1. The highest BCUT2D eigenvalue weighted by Crippen LogP contribution is 2.34. The zero-order chi connectivity index (χ0) is 38.8. The smallest absolute Gasteiger partial charge is 0.243 e. The minimum atomic E-state index is -0.802. The fraction of sp³-hybridized carbons (Fsp3) is 0.675. The summed E-state index contributed by atoms with van der Waals surface area (Å²) in [5, 5.41) is 9.68. The molecule has 4 atom stereocenters. The zero-order valence-corrected chi connectivity index (χ0v) is 33.4. The summed E-state index contributed by atoms with van der Waals surface area (Å²) in [6.07, 6.45) is 10.9. The predicted molar refractivity (Wildman–Crippen MR) is 212 cm³/mol. The summed E-state index contributed by atoms with van der Waals surface area (Å²) in [7, 11) is 0. The van der Waals surface area contributed by atoms with Crippen LogP contribution in [0.4, 0.5) is 0 Å². The van der Waals surface area contributed by atoms with Gasteiger partial charge >= 0.3 is 0 Å². The Morgan fingerprint density at radius 1 is 1.00 bits per heavy atom. The van der Waals surface area contributed by atoms with E-state index >= 15 is 0 Å². The van der Waals surface area contributed by atoms with E-state index in [4.69, 9.17) is 11.3 Å². The van der Waals surface area contributed by atoms with Crippen LogP contribution >= 0.6 is 11.3 Å². The van der Waals surface area contributed by atoms with Gasteiger partial charge in [-0.1, -0.05) is 88.7 Å². The predicted octanol–water partition coefficient (Wildman–Crippen LogP) is 7.95. The number of amides is 3. The van der Waals surface area contributed by atoms with Gasteiger partial charge in [0.1, 0.15) is 11.8 Å². The molecular formula is C40H62N8O4S. The van der Waals surface area contributed by atoms with Crippen LogP contribution in [0.5, 0.6) is 0 Å². The van der Waals surface area contributed by atoms with Crippen molar-refractivity contribution in [2.45, 2.75) is 143 Å². The summed E-state index contributed by atoms with van der Waals surface area (Å²) >= 11 is 1.59. The number of benzene rings is 1. The number of aryl methyl sites for hydroxylation is 1. The number of hydrogen-bond acceptors (Lipinski definition) is 8. The summed E-state index contributed by atoms with van der Waals surface area (Å²) in [5.74, 6) is -1.24. The Balaban J connectivity index is 1.69. The SMILES string of the molecule is Cc1ncsc1-c1ccc([C@H](C)NC(=O)[C@@H]2C[C@@H](NC(=O)CCCCN=[N+]=[N-])CN2C(=O)[C@@H](CC(=O)CCCCCCCCCCN)C(C)(C)C)cc1. The molecule has 2 aromatic rings. The number of Topliss-reactive ketones (excluding diaryl/α,β-unsaturated/α-hetero) is 1. The van der Waals surface area contributed by atoms with Gasteiger partial charge in [0.05, 0.1) is 22.1 Å². The molecule has 0 aliphatic carbocycles. The number of aromatic nitrogens is 1. The second-order valence-corrected chi connectivity index (χ2v) is 16.4. The number of thiazole rings is 1. The van der Waals surface area contributed by atoms with Gasteiger partial charge in [0, 0.05) is 49.2 Å². The van der Waals surface area contributed by atoms with Crippen molar-refractivity contribution < 1.29 is 19.2 Å². The third-order valence-electron chi connectivity index (χ3n) is 10.2. The van der Waals surface area contributed by atoms with E-state index in [1.54, 1.807) is 16.2 Å². The number of unbranched alkanes of at least 4 members (excludes halogenated alkanes) is 8. The molecule has 3 amide bonds. The molecule has 1 saturated heterocycles. The maximum Gasteiger partial charge on any atom is 0.243 e. The Morgan fingerprint density at radius 3 is 2.25 bits per heavy atom. The van der Waals surface area contributed by atoms with Crippen molar-refractivity contribution in [2.75, 3.05) is 19.6 Å². The molecular weight excluding hydrogens is 689 g/mol. The molecule has 1 fully saturated rings. The summed E-state index contributed by atoms with van der Waals surface area (Å²) in [4.78, 5) is 64.4. The van der Waals surface area contributed by atoms with Crippen LogP contribution in [0.25, 0.3) is 20.9 Å². The Morgan fingerprint density at radius 2 is 1.64 bits per heavy atom. The summed E-state index contributed by atoms with van der Waals surface area (Å²) in [5.41, 5.74) is 18.4. The molecule has 13 heteroatoms. The van der Waals surface area contributed by atoms with E-state index in [2.05, 4.69) is 25.6 Å². The van der Waals surface area contributed by atoms with Crippen LogP contribution in [-0.4, -0.2) is 65.1 Å². The molecule has 2 heterocycles. The largest absolute Gasteiger partial charge is 0.351 e. The average molecular weight is 751 g/mol. The first-order chi connectivity index (χ1) is 25.3. The normalized spacial score (nSPS) is 16.8. The molecule has 3 rings (SSSR count). The van der Waals surface area contributed by atoms with Gasteiger partial charge in [0.2, 0.25) is 17.7 Å². The van der Waals surface area contributed by atoms with Crippen LogP contribution in [0.2, 0.25) is 0 Å². The van der Waals surface area contributed by atoms with Gasteiger partial charge in [-0.05, 0) is 74.6 Å². The van der Waals surface area contributed by atoms with E-state index in [0.29, 0.717) is 25.8 Å². The lowest BCUT2D eigenvalue weighted by atomic mass is 9.76. The van der Waals surface area contributed by atoms with Crippen molar-refractivity contribution in [2.24, 2.45) is 22.2 Å². The number of carbonyl (C=O) groups excluding carboxylic acids is 4. The Labute approximate surface area is 320 Å². The number of nitrogens with zero attached hydrogens (tertiary/aromatic N) is 5. The van der Waals surface area contributed by atoms with Gasteiger partial charge in [-0.2, -0.15) is 0 Å². The summed E-state index contributed by atoms with van der Waals surface area (Å²) in [6.45, 7) is 11.1. The van der Waals surface area contributed by atoms with Gasteiger partial charge in [0.15, 0.2) is 0 Å². The maximum absolute atomic E-state index is 14.4. The van der Waals surface area contributed by atoms with Crippen LogP contribution in [0, 0.1) is 18.3 Å². The third kappa shape index (κ3) is 14.5. The minimum absolute atomic E-state index is 0.0672. The zero-order valence-electron chi connectivity index (χ0n) is 32.6. The molecule has 4 N–H and O–H groups in total. The number of carbonyl (C=O) groups is 4. The van der Waals surface area contributed by atoms with Gasteiger partial charge in [-0.3, -0.25) is 19.2 Å². The molecule has 0 bridgehead atoms. The standard InChI is InChI=1S/C40H62N8O4S/c1-28(30-18-20-31(21-19-30)37-29(2)43-27-53-37)45-38(51)35-24-32(46-36(50)17-13-15-23-44-47-42)26-48(35)39(52)34(40(3,4)5)25-33(49)16-12-10-8-6-7-9-11-14-22-41/h18-21,27-28,32,34-35H,6-17,22-26,41H2,1-5H3,(H,45,51)(H,46,50)/t28-,32+,34+,35-/m0/s1. The maximum atomic E-state index is 14.4. The molecule has 53 heavy (non-hydrogen) atoms. The topological polar surface area (TPSA) is 183 Å². The molecule has 0 spiro atoms. The molecule has 292 valence electrons. The lowest BCUT2D eigenvalue weighted by Gasteiger charge is -2.35. The van der Waals surface area contributed by atoms with Crippen molar-refractivity contribution in [3.05, 3.63) is 51.5 Å². The monoisotopic (exact) mass is 750 g/mol. The fourth-order valence-corrected chi connectivity index (χ4v) is 7.77. The molecule has 1 aromatic carbocycles. The van der Waals surface area contributed by atoms with E-state index in [0.717, 1.165) is 60.3 Å². The first-order valence-electron chi connectivity index (χ1n) is 19.5. The van der Waals surface area contributed by atoms with Crippen LogP contribution in [-0.2, 0) is 19.2 Å². The van der Waals surface area contributed by atoms with E-state index in [9.17, 15) is 19.2 Å². The van der Waals surface area contributed by atoms with Crippen LogP contribution in [0.15, 0.2) is 34.9 Å². The molecule has 0 unspecified atom stereocenters. The molecule has 0 radical (unpaired) electrons. The Bertz CT molecular complexity index is 1520. The molecule has 1 aliphatic rings. The minimum Gasteiger partial charge on any atom is -0.351 e. The van der Waals surface area contributed by atoms with Crippen LogP contribution in [0.1, 0.15) is 135 Å². The van der Waals surface area contributed by atoms with Crippen molar-refractivity contribution in [1.29, 1.82) is 0 Å². The van der Waals surface area contributed by atoms with Gasteiger partial charge in [-0.15, -0.1) is 11.3 Å². The molecule has 1 aliphatic heterocycles. The average Bonchev–Trinajstić information content (AvgIpc) is 3.75. The first kappa shape index (κ1) is 43.6. The molecule has 1 aromatic heterocycles.